The summed E-state index contributed by atoms with van der Waals surface area (Å²) in [6.45, 7) is 7.52. The number of pyridine rings is 1. The Labute approximate surface area is 119 Å². The lowest BCUT2D eigenvalue weighted by Gasteiger charge is -2.33. The number of rotatable bonds is 3. The summed E-state index contributed by atoms with van der Waals surface area (Å²) in [6.07, 6.45) is -0.247. The molecule has 0 saturated carbocycles. The molecular weight excluding hydrogens is 258 g/mol. The van der Waals surface area contributed by atoms with E-state index in [-0.39, 0.29) is 11.8 Å². The maximum Gasteiger partial charge on any atom is 0.409 e. The van der Waals surface area contributed by atoms with Crippen molar-refractivity contribution in [2.24, 2.45) is 0 Å². The maximum absolute atomic E-state index is 11.6. The number of carbonyl (C=O) groups is 1. The van der Waals surface area contributed by atoms with Crippen LogP contribution in [0.5, 0.6) is 5.75 Å². The molecule has 0 atom stereocenters. The Kier molecular flexibility index (Phi) is 4.79. The van der Waals surface area contributed by atoms with Gasteiger partial charge in [0, 0.05) is 38.4 Å². The van der Waals surface area contributed by atoms with Crippen molar-refractivity contribution in [3.63, 3.8) is 0 Å². The van der Waals surface area contributed by atoms with E-state index in [0.29, 0.717) is 31.9 Å². The van der Waals surface area contributed by atoms with E-state index in [1.165, 1.54) is 0 Å². The second kappa shape index (κ2) is 6.56. The number of ether oxygens (including phenoxy) is 1. The van der Waals surface area contributed by atoms with Gasteiger partial charge < -0.3 is 14.7 Å². The minimum atomic E-state index is -0.247. The summed E-state index contributed by atoms with van der Waals surface area (Å²) >= 11 is 0. The first-order chi connectivity index (χ1) is 9.60. The normalized spacial score (nSPS) is 16.2. The van der Waals surface area contributed by atoms with Gasteiger partial charge >= 0.3 is 6.09 Å². The number of aromatic hydroxyl groups is 1. The molecule has 1 N–H and O–H groups in total. The van der Waals surface area contributed by atoms with Crippen molar-refractivity contribution >= 4 is 6.09 Å². The first kappa shape index (κ1) is 14.6. The Hall–Kier alpha value is -1.82. The van der Waals surface area contributed by atoms with Gasteiger partial charge in [0.15, 0.2) is 0 Å². The third-order valence-electron chi connectivity index (χ3n) is 3.36. The minimum absolute atomic E-state index is 0.225. The summed E-state index contributed by atoms with van der Waals surface area (Å²) in [5.74, 6) is 0.225. The van der Waals surface area contributed by atoms with Crippen LogP contribution >= 0.6 is 0 Å². The molecule has 1 aromatic heterocycles. The van der Waals surface area contributed by atoms with Gasteiger partial charge in [-0.05, 0) is 26.0 Å². The highest BCUT2D eigenvalue weighted by Gasteiger charge is 2.22. The van der Waals surface area contributed by atoms with Crippen LogP contribution in [-0.4, -0.2) is 58.8 Å². The summed E-state index contributed by atoms with van der Waals surface area (Å²) < 4.78 is 4.99. The standard InChI is InChI=1S/C14H21N3O3/c1-3-20-14(19)17-8-6-16(7-9-17)10-12-13(18)5-4-11(2)15-12/h4-5,18H,3,6-10H2,1-2H3. The molecule has 2 rings (SSSR count). The van der Waals surface area contributed by atoms with E-state index < -0.39 is 0 Å². The van der Waals surface area contributed by atoms with E-state index in [1.807, 2.05) is 6.92 Å². The Morgan fingerprint density at radius 1 is 1.35 bits per heavy atom. The van der Waals surface area contributed by atoms with Crippen molar-refractivity contribution in [2.75, 3.05) is 32.8 Å². The molecule has 0 aromatic carbocycles. The van der Waals surface area contributed by atoms with Crippen LogP contribution in [-0.2, 0) is 11.3 Å². The Morgan fingerprint density at radius 3 is 2.70 bits per heavy atom. The van der Waals surface area contributed by atoms with Crippen LogP contribution in [0.4, 0.5) is 4.79 Å². The van der Waals surface area contributed by atoms with Crippen molar-refractivity contribution in [3.8, 4) is 5.75 Å². The molecule has 20 heavy (non-hydrogen) atoms. The SMILES string of the molecule is CCOC(=O)N1CCN(Cc2nc(C)ccc2O)CC1. The number of piperazine rings is 1. The molecule has 0 radical (unpaired) electrons. The lowest BCUT2D eigenvalue weighted by atomic mass is 10.2. The first-order valence-corrected chi connectivity index (χ1v) is 6.89. The first-order valence-electron chi connectivity index (χ1n) is 6.89. The van der Waals surface area contributed by atoms with Gasteiger partial charge in [-0.25, -0.2) is 4.79 Å². The molecule has 6 nitrogen and oxygen atoms in total. The van der Waals surface area contributed by atoms with E-state index in [9.17, 15) is 9.90 Å². The Balaban J connectivity index is 1.88. The Bertz CT molecular complexity index is 471. The highest BCUT2D eigenvalue weighted by Crippen LogP contribution is 2.17. The number of amides is 1. The largest absolute Gasteiger partial charge is 0.506 e. The van der Waals surface area contributed by atoms with Gasteiger partial charge in [0.25, 0.3) is 0 Å². The van der Waals surface area contributed by atoms with Crippen LogP contribution < -0.4 is 0 Å². The van der Waals surface area contributed by atoms with E-state index in [4.69, 9.17) is 4.74 Å². The lowest BCUT2D eigenvalue weighted by molar-refractivity contribution is 0.0772. The third-order valence-corrected chi connectivity index (χ3v) is 3.36. The molecule has 1 aromatic rings. The van der Waals surface area contributed by atoms with Gasteiger partial charge in [-0.1, -0.05) is 0 Å². The highest BCUT2D eigenvalue weighted by molar-refractivity contribution is 5.67. The average molecular weight is 279 g/mol. The molecule has 0 unspecified atom stereocenters. The van der Waals surface area contributed by atoms with Crippen LogP contribution in [0.15, 0.2) is 12.1 Å². The summed E-state index contributed by atoms with van der Waals surface area (Å²) in [5, 5.41) is 9.80. The molecule has 0 spiro atoms. The van der Waals surface area contributed by atoms with Crippen LogP contribution in [0, 0.1) is 6.92 Å². The van der Waals surface area contributed by atoms with E-state index in [0.717, 1.165) is 18.8 Å². The molecule has 0 aliphatic carbocycles. The predicted octanol–water partition coefficient (Wildman–Crippen LogP) is 1.37. The molecular formula is C14H21N3O3. The molecule has 2 heterocycles. The number of aryl methyl sites for hydroxylation is 1. The number of nitrogens with zero attached hydrogens (tertiary/aromatic N) is 3. The predicted molar refractivity (Wildman–Crippen MR) is 74.5 cm³/mol. The second-order valence-electron chi connectivity index (χ2n) is 4.88. The van der Waals surface area contributed by atoms with Crippen LogP contribution in [0.3, 0.4) is 0 Å². The van der Waals surface area contributed by atoms with Gasteiger partial charge in [-0.15, -0.1) is 0 Å². The minimum Gasteiger partial charge on any atom is -0.506 e. The molecule has 1 amide bonds. The van der Waals surface area contributed by atoms with Crippen molar-refractivity contribution in [1.82, 2.24) is 14.8 Å². The number of hydrogen-bond acceptors (Lipinski definition) is 5. The molecule has 6 heteroatoms. The lowest BCUT2D eigenvalue weighted by Crippen LogP contribution is -2.48. The zero-order valence-electron chi connectivity index (χ0n) is 12.0. The molecule has 110 valence electrons. The fraction of sp³-hybridized carbons (Fsp3) is 0.571. The summed E-state index contributed by atoms with van der Waals surface area (Å²) in [5.41, 5.74) is 1.58. The van der Waals surface area contributed by atoms with Gasteiger partial charge in [-0.3, -0.25) is 9.88 Å². The maximum atomic E-state index is 11.6. The summed E-state index contributed by atoms with van der Waals surface area (Å²) in [7, 11) is 0. The van der Waals surface area contributed by atoms with Gasteiger partial charge in [-0.2, -0.15) is 0 Å². The number of hydrogen-bond donors (Lipinski definition) is 1. The zero-order valence-corrected chi connectivity index (χ0v) is 12.0. The van der Waals surface area contributed by atoms with E-state index in [1.54, 1.807) is 24.0 Å². The van der Waals surface area contributed by atoms with Crippen molar-refractivity contribution in [3.05, 3.63) is 23.5 Å². The highest BCUT2D eigenvalue weighted by atomic mass is 16.6. The molecule has 1 fully saturated rings. The molecule has 0 bridgehead atoms. The fourth-order valence-corrected chi connectivity index (χ4v) is 2.23. The second-order valence-corrected chi connectivity index (χ2v) is 4.88. The van der Waals surface area contributed by atoms with Crippen LogP contribution in [0.1, 0.15) is 18.3 Å². The third kappa shape index (κ3) is 3.60. The average Bonchev–Trinajstić information content (AvgIpc) is 2.44. The number of aromatic nitrogens is 1. The van der Waals surface area contributed by atoms with Crippen molar-refractivity contribution < 1.29 is 14.6 Å². The zero-order chi connectivity index (χ0) is 14.5. The smallest absolute Gasteiger partial charge is 0.409 e. The topological polar surface area (TPSA) is 65.9 Å². The monoisotopic (exact) mass is 279 g/mol. The van der Waals surface area contributed by atoms with Crippen molar-refractivity contribution in [2.45, 2.75) is 20.4 Å². The van der Waals surface area contributed by atoms with E-state index >= 15 is 0 Å². The van der Waals surface area contributed by atoms with Crippen LogP contribution in [0.25, 0.3) is 0 Å². The van der Waals surface area contributed by atoms with Crippen LogP contribution in [0.2, 0.25) is 0 Å². The fourth-order valence-electron chi connectivity index (χ4n) is 2.23. The molecule has 1 aliphatic heterocycles. The molecule has 1 saturated heterocycles. The number of carbonyl (C=O) groups excluding carboxylic acids is 1. The summed E-state index contributed by atoms with van der Waals surface area (Å²) in [4.78, 5) is 19.8. The van der Waals surface area contributed by atoms with Gasteiger partial charge in [0.2, 0.25) is 0 Å². The van der Waals surface area contributed by atoms with Crippen molar-refractivity contribution in [1.29, 1.82) is 0 Å². The van der Waals surface area contributed by atoms with Gasteiger partial charge in [0.05, 0.1) is 12.3 Å². The van der Waals surface area contributed by atoms with E-state index in [2.05, 4.69) is 9.88 Å². The van der Waals surface area contributed by atoms with Gasteiger partial charge in [0.1, 0.15) is 5.75 Å². The molecule has 1 aliphatic rings. The summed E-state index contributed by atoms with van der Waals surface area (Å²) in [6, 6.07) is 3.46. The Morgan fingerprint density at radius 2 is 2.05 bits per heavy atom. The quantitative estimate of drug-likeness (QED) is 0.905.